The van der Waals surface area contributed by atoms with E-state index in [0.717, 1.165) is 5.56 Å². The second kappa shape index (κ2) is 6.32. The lowest BCUT2D eigenvalue weighted by Gasteiger charge is -2.13. The van der Waals surface area contributed by atoms with E-state index in [1.807, 2.05) is 0 Å². The molecule has 0 radical (unpaired) electrons. The molecule has 2 heterocycles. The summed E-state index contributed by atoms with van der Waals surface area (Å²) in [5.41, 5.74) is 2.35. The molecular formula is C16H13BN2O5. The van der Waals surface area contributed by atoms with Crippen LogP contribution in [-0.4, -0.2) is 28.2 Å². The van der Waals surface area contributed by atoms with E-state index in [0.29, 0.717) is 28.3 Å². The largest absolute Gasteiger partial charge is 0.492 e. The minimum absolute atomic E-state index is 0.218. The van der Waals surface area contributed by atoms with Crippen molar-refractivity contribution >= 4 is 24.2 Å². The fraction of sp³-hybridized carbons (Fsp3) is 0.188. The second-order valence-corrected chi connectivity index (χ2v) is 5.39. The zero-order valence-electron chi connectivity index (χ0n) is 12.8. The quantitative estimate of drug-likeness (QED) is 0.660. The molecule has 0 amide bonds. The number of hydrogen-bond donors (Lipinski definition) is 2. The molecule has 0 spiro atoms. The fourth-order valence-electron chi connectivity index (χ4n) is 2.72. The highest BCUT2D eigenvalue weighted by Crippen LogP contribution is 2.32. The maximum absolute atomic E-state index is 10.9. The van der Waals surface area contributed by atoms with Crippen LogP contribution in [0.2, 0.25) is 0 Å². The average Bonchev–Trinajstić information content (AvgIpc) is 2.84. The highest BCUT2D eigenvalue weighted by atomic mass is 16.5. The van der Waals surface area contributed by atoms with Crippen LogP contribution in [0.15, 0.2) is 30.5 Å². The Balaban J connectivity index is 1.89. The highest BCUT2D eigenvalue weighted by molar-refractivity contribution is 6.62. The first-order chi connectivity index (χ1) is 11.5. The summed E-state index contributed by atoms with van der Waals surface area (Å²) in [6.07, 6.45) is 0.506. The van der Waals surface area contributed by atoms with Gasteiger partial charge in [-0.15, -0.1) is 0 Å². The Morgan fingerprint density at radius 3 is 2.92 bits per heavy atom. The first kappa shape index (κ1) is 16.0. The van der Waals surface area contributed by atoms with E-state index in [2.05, 4.69) is 9.83 Å². The molecule has 24 heavy (non-hydrogen) atoms. The molecule has 7 nitrogen and oxygen atoms in total. The van der Waals surface area contributed by atoms with E-state index in [4.69, 9.17) is 21.1 Å². The van der Waals surface area contributed by atoms with E-state index < -0.39 is 19.2 Å². The van der Waals surface area contributed by atoms with Crippen LogP contribution in [0.3, 0.4) is 0 Å². The smallest absolute Gasteiger partial charge is 0.481 e. The van der Waals surface area contributed by atoms with Gasteiger partial charge in [-0.05, 0) is 47.8 Å². The molecule has 2 aromatic rings. The number of rotatable bonds is 4. The topological polar surface area (TPSA) is 93.2 Å². The normalized spacial score (nSPS) is 15.7. The van der Waals surface area contributed by atoms with Gasteiger partial charge >= 0.3 is 13.1 Å². The van der Waals surface area contributed by atoms with Gasteiger partial charge in [0.15, 0.2) is 0 Å². The van der Waals surface area contributed by atoms with Gasteiger partial charge in [-0.2, -0.15) is 0 Å². The van der Waals surface area contributed by atoms with Crippen molar-refractivity contribution in [3.05, 3.63) is 53.0 Å². The van der Waals surface area contributed by atoms with Crippen molar-refractivity contribution in [1.82, 2.24) is 4.98 Å². The van der Waals surface area contributed by atoms with Gasteiger partial charge in [-0.1, -0.05) is 0 Å². The average molecular weight is 324 g/mol. The molecule has 0 saturated carbocycles. The summed E-state index contributed by atoms with van der Waals surface area (Å²) in [5, 5.41) is 19.0. The zero-order valence-corrected chi connectivity index (χ0v) is 12.8. The van der Waals surface area contributed by atoms with Gasteiger partial charge in [0.25, 0.3) is 0 Å². The van der Waals surface area contributed by atoms with Crippen LogP contribution in [0.5, 0.6) is 11.6 Å². The van der Waals surface area contributed by atoms with Gasteiger partial charge in [0.2, 0.25) is 11.6 Å². The third kappa shape index (κ3) is 3.08. The van der Waals surface area contributed by atoms with Crippen LogP contribution in [0.1, 0.15) is 23.7 Å². The molecule has 0 saturated heterocycles. The summed E-state index contributed by atoms with van der Waals surface area (Å²) in [4.78, 5) is 18.2. The molecule has 3 rings (SSSR count). The molecule has 1 aliphatic rings. The predicted molar refractivity (Wildman–Crippen MR) is 85.4 cm³/mol. The maximum Gasteiger partial charge on any atom is 0.492 e. The Kier molecular flexibility index (Phi) is 4.21. The number of nitrogens with zero attached hydrogens (tertiary/aromatic N) is 2. The molecule has 1 aromatic heterocycles. The highest BCUT2D eigenvalue weighted by Gasteiger charge is 2.37. The fourth-order valence-corrected chi connectivity index (χ4v) is 2.72. The number of hydrogen-bond acceptors (Lipinski definition) is 5. The Bertz CT molecular complexity index is 832. The number of benzene rings is 1. The van der Waals surface area contributed by atoms with Crippen LogP contribution in [-0.2, 0) is 9.45 Å². The first-order valence-corrected chi connectivity index (χ1v) is 7.19. The van der Waals surface area contributed by atoms with Gasteiger partial charge in [0, 0.05) is 6.20 Å². The van der Waals surface area contributed by atoms with Crippen LogP contribution in [0.25, 0.3) is 4.85 Å². The Morgan fingerprint density at radius 1 is 1.50 bits per heavy atom. The summed E-state index contributed by atoms with van der Waals surface area (Å²) in [7, 11) is -1.19. The van der Waals surface area contributed by atoms with Crippen molar-refractivity contribution in [2.75, 3.05) is 0 Å². The summed E-state index contributed by atoms with van der Waals surface area (Å²) >= 11 is 0. The van der Waals surface area contributed by atoms with E-state index in [1.54, 1.807) is 31.2 Å². The second-order valence-electron chi connectivity index (χ2n) is 5.39. The first-order valence-electron chi connectivity index (χ1n) is 7.19. The lowest BCUT2D eigenvalue weighted by molar-refractivity contribution is -0.138. The van der Waals surface area contributed by atoms with Crippen molar-refractivity contribution in [3.63, 3.8) is 0 Å². The van der Waals surface area contributed by atoms with Gasteiger partial charge in [-0.3, -0.25) is 4.79 Å². The molecule has 1 aromatic carbocycles. The number of pyridine rings is 1. The maximum atomic E-state index is 10.9. The van der Waals surface area contributed by atoms with Crippen molar-refractivity contribution in [1.29, 1.82) is 0 Å². The molecule has 1 aliphatic heterocycles. The van der Waals surface area contributed by atoms with Gasteiger partial charge in [0.05, 0.1) is 19.1 Å². The summed E-state index contributed by atoms with van der Waals surface area (Å²) < 4.78 is 11.0. The molecular weight excluding hydrogens is 311 g/mol. The molecule has 120 valence electrons. The van der Waals surface area contributed by atoms with Crippen LogP contribution in [0.4, 0.5) is 5.69 Å². The number of carbonyl (C=O) groups is 1. The Labute approximate surface area is 138 Å². The van der Waals surface area contributed by atoms with Crippen molar-refractivity contribution in [2.45, 2.75) is 19.4 Å². The minimum atomic E-state index is -1.19. The van der Waals surface area contributed by atoms with E-state index >= 15 is 0 Å². The SMILES string of the molecule is [C-]#[N+]c1ccc(Oc2cc(C)c3c(c2)B(O)OC3CC(=O)O)nc1. The lowest BCUT2D eigenvalue weighted by Crippen LogP contribution is -2.28. The third-order valence-electron chi connectivity index (χ3n) is 3.71. The molecule has 2 N–H and O–H groups in total. The molecule has 8 heteroatoms. The number of aliphatic carboxylic acids is 1. The molecule has 0 aliphatic carbocycles. The molecule has 1 unspecified atom stereocenters. The van der Waals surface area contributed by atoms with Gasteiger partial charge < -0.3 is 19.5 Å². The van der Waals surface area contributed by atoms with E-state index in [9.17, 15) is 9.82 Å². The summed E-state index contributed by atoms with van der Waals surface area (Å²) in [6, 6.07) is 6.52. The minimum Gasteiger partial charge on any atom is -0.481 e. The number of aryl methyl sites for hydroxylation is 1. The molecule has 1 atom stereocenters. The van der Waals surface area contributed by atoms with Gasteiger partial charge in [-0.25, -0.2) is 9.83 Å². The van der Waals surface area contributed by atoms with E-state index in [1.165, 1.54) is 6.20 Å². The van der Waals surface area contributed by atoms with Crippen molar-refractivity contribution in [3.8, 4) is 11.6 Å². The molecule has 0 bridgehead atoms. The van der Waals surface area contributed by atoms with Crippen LogP contribution < -0.4 is 10.2 Å². The predicted octanol–water partition coefficient (Wildman–Crippen LogP) is 1.97. The Hall–Kier alpha value is -2.89. The zero-order chi connectivity index (χ0) is 17.3. The van der Waals surface area contributed by atoms with Crippen LogP contribution in [0, 0.1) is 13.5 Å². The van der Waals surface area contributed by atoms with Crippen LogP contribution >= 0.6 is 0 Å². The monoisotopic (exact) mass is 324 g/mol. The van der Waals surface area contributed by atoms with E-state index in [-0.39, 0.29) is 6.42 Å². The lowest BCUT2D eigenvalue weighted by atomic mass is 9.77. The number of carboxylic acid groups (broad SMARTS) is 1. The number of fused-ring (bicyclic) bond motifs is 1. The third-order valence-corrected chi connectivity index (χ3v) is 3.71. The van der Waals surface area contributed by atoms with Gasteiger partial charge in [0.1, 0.15) is 5.75 Å². The number of ether oxygens (including phenoxy) is 1. The number of carboxylic acids is 1. The summed E-state index contributed by atoms with van der Waals surface area (Å²) in [5.74, 6) is -0.228. The van der Waals surface area contributed by atoms with Crippen molar-refractivity contribution in [2.24, 2.45) is 0 Å². The Morgan fingerprint density at radius 2 is 2.29 bits per heavy atom. The summed E-state index contributed by atoms with van der Waals surface area (Å²) in [6.45, 7) is 8.70. The molecule has 0 fully saturated rings. The standard InChI is InChI=1S/C16H13BN2O5/c1-9-5-11(23-14-4-3-10(18-2)8-19-14)6-12-16(9)13(7-15(20)21)24-17(12)22/h3-6,8,13,22H,7H2,1H3,(H,20,21). The van der Waals surface area contributed by atoms with Crippen molar-refractivity contribution < 1.29 is 24.3 Å². The number of aromatic nitrogens is 1.